The van der Waals surface area contributed by atoms with Gasteiger partial charge in [-0.2, -0.15) is 0 Å². The molecule has 0 bridgehead atoms. The maximum Gasteiger partial charge on any atom is 0.332 e. The van der Waals surface area contributed by atoms with Gasteiger partial charge in [0.05, 0.1) is 31.4 Å². The maximum atomic E-state index is 13.2. The Hall–Kier alpha value is -8.40. The Balaban J connectivity index is 0.000000220. The van der Waals surface area contributed by atoms with E-state index >= 15 is 0 Å². The summed E-state index contributed by atoms with van der Waals surface area (Å²) in [4.78, 5) is 96.3. The first-order chi connectivity index (χ1) is 42.6. The van der Waals surface area contributed by atoms with E-state index in [1.807, 2.05) is 42.1 Å². The monoisotopic (exact) mass is 1260 g/mol. The van der Waals surface area contributed by atoms with Crippen molar-refractivity contribution in [2.24, 2.45) is 22.7 Å². The molecule has 2 saturated carbocycles. The largest absolute Gasteiger partial charge is 0.505 e. The Bertz CT molecular complexity index is 3280. The van der Waals surface area contributed by atoms with Gasteiger partial charge in [-0.3, -0.25) is 28.8 Å². The highest BCUT2D eigenvalue weighted by Gasteiger charge is 2.43. The number of benzene rings is 3. The lowest BCUT2D eigenvalue weighted by Gasteiger charge is -2.46. The molecule has 1 aliphatic heterocycles. The number of esters is 3. The molecule has 2 aromatic heterocycles. The van der Waals surface area contributed by atoms with Crippen LogP contribution in [-0.2, 0) is 45.2 Å². The minimum absolute atomic E-state index is 0.0100. The van der Waals surface area contributed by atoms with Gasteiger partial charge in [0.1, 0.15) is 18.6 Å². The van der Waals surface area contributed by atoms with Crippen molar-refractivity contribution >= 4 is 59.5 Å². The standard InChI is InChI=1S/C26H30N2O9.C23H30N2O3S.C19H28N2O3/c1-14(2)24(31)37-22-15(3)36-26(33)18(28-23(30)20-21(29)19(34-4)10-11-27-20)13-35-25(32)17(22)12-16-8-6-5-7-9-16;1-23(2,3)15-8-10-17(11-9-15)29-18-7-5-6-16(14-18)25-22(27)20-21(26)19(28-4)12-13-24-20;1-5-19(4)10-13(9-18(2,3)11-19)21-17(24)14-7-6-8-15(16(14)23)20-12-22/h5-11,14-15,17-18,22,29H,12-13H2,1-4H3,(H,28,30);8-13,16,18,26H,5-7,14H2,1-4H3,(H,25,27);6-8,12-13,23H,5,9-11H2,1-4H3,(H,20,22)(H,21,24). The number of aromatic hydroxyl groups is 3. The van der Waals surface area contributed by atoms with E-state index in [4.69, 9.17) is 23.7 Å². The minimum atomic E-state index is -1.41. The highest BCUT2D eigenvalue weighted by Crippen LogP contribution is 2.48. The van der Waals surface area contributed by atoms with Crippen LogP contribution in [-0.4, -0.2) is 124 Å². The number of hydrogen-bond acceptors (Lipinski definition) is 18. The van der Waals surface area contributed by atoms with Gasteiger partial charge < -0.3 is 60.3 Å². The molecule has 486 valence electrons. The summed E-state index contributed by atoms with van der Waals surface area (Å²) in [5, 5.41) is 41.9. The predicted octanol–water partition coefficient (Wildman–Crippen LogP) is 10.4. The molecule has 8 atom stereocenters. The summed E-state index contributed by atoms with van der Waals surface area (Å²) in [5.41, 5.74) is 2.70. The summed E-state index contributed by atoms with van der Waals surface area (Å²) in [6.45, 7) is 19.9. The van der Waals surface area contributed by atoms with Gasteiger partial charge in [-0.1, -0.05) is 124 Å². The first-order valence-electron chi connectivity index (χ1n) is 30.4. The number of nitrogens with zero attached hydrogens (tertiary/aromatic N) is 2. The molecule has 4 amide bonds. The number of methoxy groups -OCH3 is 2. The van der Waals surface area contributed by atoms with E-state index in [1.165, 1.54) is 56.1 Å². The Labute approximate surface area is 531 Å². The fraction of sp³-hybridized carbons (Fsp3) is 0.485. The summed E-state index contributed by atoms with van der Waals surface area (Å²) < 4.78 is 26.6. The Morgan fingerprint density at radius 1 is 0.767 bits per heavy atom. The molecule has 2 aliphatic carbocycles. The van der Waals surface area contributed by atoms with E-state index in [2.05, 4.69) is 104 Å². The summed E-state index contributed by atoms with van der Waals surface area (Å²) in [6, 6.07) is 24.3. The second-order valence-corrected chi connectivity index (χ2v) is 26.8. The Kier molecular flexibility index (Phi) is 25.0. The number of aromatic nitrogens is 2. The van der Waals surface area contributed by atoms with Crippen molar-refractivity contribution in [3.05, 3.63) is 125 Å². The third kappa shape index (κ3) is 19.6. The summed E-state index contributed by atoms with van der Waals surface area (Å²) in [6.07, 6.45) is 9.31. The summed E-state index contributed by atoms with van der Waals surface area (Å²) >= 11 is 1.88. The van der Waals surface area contributed by atoms with Crippen molar-refractivity contribution in [3.63, 3.8) is 0 Å². The average Bonchev–Trinajstić information content (AvgIpc) is 1.12. The molecule has 3 aliphatic rings. The van der Waals surface area contributed by atoms with Gasteiger partial charge in [-0.15, -0.1) is 11.8 Å². The lowest BCUT2D eigenvalue weighted by molar-refractivity contribution is -0.176. The van der Waals surface area contributed by atoms with E-state index in [0.717, 1.165) is 56.9 Å². The number of amides is 4. The quantitative estimate of drug-likeness (QED) is 0.0197. The molecule has 22 heteroatoms. The number of para-hydroxylation sites is 1. The SMILES string of the molecule is CCC1(C)CC(NC(=O)c2cccc(NC=O)c2O)CC(C)(C)C1.COc1ccnc(C(=O)NC2CCCC(Sc3ccc(C(C)(C)C)cc3)C2)c1O.COc1ccnc(C(=O)NC2COC(=O)C(Cc3ccccc3)C(OC(=O)C(C)C)C(C)OC2=O)c1O. The van der Waals surface area contributed by atoms with Gasteiger partial charge in [0.15, 0.2) is 52.3 Å². The van der Waals surface area contributed by atoms with Gasteiger partial charge in [-0.05, 0) is 104 Å². The van der Waals surface area contributed by atoms with Crippen LogP contribution in [0.5, 0.6) is 28.7 Å². The smallest absolute Gasteiger partial charge is 0.332 e. The first-order valence-corrected chi connectivity index (χ1v) is 31.2. The number of carbonyl (C=O) groups is 7. The molecule has 0 spiro atoms. The molecule has 90 heavy (non-hydrogen) atoms. The predicted molar refractivity (Wildman–Crippen MR) is 341 cm³/mol. The summed E-state index contributed by atoms with van der Waals surface area (Å²) in [7, 11) is 2.76. The lowest BCUT2D eigenvalue weighted by atomic mass is 9.61. The number of hydrogen-bond donors (Lipinski definition) is 7. The second-order valence-electron chi connectivity index (χ2n) is 25.5. The van der Waals surface area contributed by atoms with Crippen LogP contribution in [0.15, 0.2) is 102 Å². The zero-order valence-electron chi connectivity index (χ0n) is 53.5. The maximum absolute atomic E-state index is 13.2. The molecule has 3 aromatic carbocycles. The number of ether oxygens (including phenoxy) is 5. The highest BCUT2D eigenvalue weighted by atomic mass is 32.2. The van der Waals surface area contributed by atoms with Crippen LogP contribution < -0.4 is 30.7 Å². The average molecular weight is 1260 g/mol. The fourth-order valence-electron chi connectivity index (χ4n) is 11.5. The zero-order chi connectivity index (χ0) is 66.1. The van der Waals surface area contributed by atoms with E-state index < -0.39 is 72.0 Å². The van der Waals surface area contributed by atoms with E-state index in [-0.39, 0.29) is 86.5 Å². The van der Waals surface area contributed by atoms with Gasteiger partial charge in [0.25, 0.3) is 17.7 Å². The van der Waals surface area contributed by atoms with Crippen molar-refractivity contribution in [2.75, 3.05) is 26.1 Å². The number of carbonyl (C=O) groups excluding carboxylic acids is 7. The van der Waals surface area contributed by atoms with Crippen LogP contribution in [0.3, 0.4) is 0 Å². The Morgan fingerprint density at radius 3 is 1.96 bits per heavy atom. The van der Waals surface area contributed by atoms with Crippen LogP contribution in [0.2, 0.25) is 0 Å². The molecule has 3 fully saturated rings. The normalized spacial score (nSPS) is 22.3. The molecule has 0 radical (unpaired) electrons. The number of phenolic OH excluding ortho intramolecular Hbond substituents is 1. The van der Waals surface area contributed by atoms with Crippen molar-refractivity contribution in [1.29, 1.82) is 0 Å². The Morgan fingerprint density at radius 2 is 1.38 bits per heavy atom. The van der Waals surface area contributed by atoms with Gasteiger partial charge in [0, 0.05) is 46.8 Å². The molecular formula is C68H88N6O15S. The minimum Gasteiger partial charge on any atom is -0.505 e. The molecule has 8 rings (SSSR count). The van der Waals surface area contributed by atoms with Crippen molar-refractivity contribution in [2.45, 2.75) is 173 Å². The van der Waals surface area contributed by atoms with Crippen molar-refractivity contribution in [1.82, 2.24) is 25.9 Å². The van der Waals surface area contributed by atoms with Gasteiger partial charge >= 0.3 is 17.9 Å². The summed E-state index contributed by atoms with van der Waals surface area (Å²) in [5.74, 6) is -5.92. The number of thioether (sulfide) groups is 1. The molecule has 21 nitrogen and oxygen atoms in total. The van der Waals surface area contributed by atoms with E-state index in [0.29, 0.717) is 11.7 Å². The fourth-order valence-corrected chi connectivity index (χ4v) is 12.8. The van der Waals surface area contributed by atoms with Gasteiger partial charge in [-0.25, -0.2) is 14.8 Å². The molecule has 5 aromatic rings. The zero-order valence-corrected chi connectivity index (χ0v) is 54.4. The molecule has 1 saturated heterocycles. The van der Waals surface area contributed by atoms with E-state index in [9.17, 15) is 48.9 Å². The van der Waals surface area contributed by atoms with Crippen LogP contribution in [0, 0.1) is 22.7 Å². The second kappa shape index (κ2) is 31.9. The number of anilines is 1. The van der Waals surface area contributed by atoms with Crippen molar-refractivity contribution < 1.29 is 72.6 Å². The molecule has 7 N–H and O–H groups in total. The number of phenols is 1. The van der Waals surface area contributed by atoms with Gasteiger partial charge in [0.2, 0.25) is 6.41 Å². The third-order valence-electron chi connectivity index (χ3n) is 16.2. The van der Waals surface area contributed by atoms with Crippen LogP contribution in [0.1, 0.15) is 163 Å². The number of nitrogens with one attached hydrogen (secondary N) is 4. The first kappa shape index (κ1) is 70.7. The molecule has 3 heterocycles. The van der Waals surface area contributed by atoms with Crippen LogP contribution in [0.4, 0.5) is 5.69 Å². The third-order valence-corrected chi connectivity index (χ3v) is 17.5. The molecular weight excluding hydrogens is 1170 g/mol. The number of pyridine rings is 2. The number of cyclic esters (lactones) is 2. The highest BCUT2D eigenvalue weighted by molar-refractivity contribution is 8.00. The lowest BCUT2D eigenvalue weighted by Crippen LogP contribution is -2.47. The molecule has 8 unspecified atom stereocenters. The number of rotatable bonds is 17. The van der Waals surface area contributed by atoms with E-state index in [1.54, 1.807) is 32.0 Å². The van der Waals surface area contributed by atoms with Crippen LogP contribution in [0.25, 0.3) is 0 Å². The van der Waals surface area contributed by atoms with Crippen molar-refractivity contribution in [3.8, 4) is 28.7 Å². The topological polar surface area (TPSA) is 300 Å². The van der Waals surface area contributed by atoms with Crippen LogP contribution >= 0.6 is 11.8 Å².